The van der Waals surface area contributed by atoms with Crippen LogP contribution in [0.15, 0.2) is 54.6 Å². The lowest BCUT2D eigenvalue weighted by molar-refractivity contribution is -0.527. The lowest BCUT2D eigenvalue weighted by atomic mass is 9.85. The van der Waals surface area contributed by atoms with Gasteiger partial charge < -0.3 is 4.74 Å². The van der Waals surface area contributed by atoms with Crippen molar-refractivity contribution in [3.05, 3.63) is 80.9 Å². The number of carbonyl (C=O) groups excluding carboxylic acids is 1. The van der Waals surface area contributed by atoms with Gasteiger partial charge in [0, 0.05) is 9.95 Å². The zero-order chi connectivity index (χ0) is 18.0. The Hall–Kier alpha value is -2.44. The van der Waals surface area contributed by atoms with Crippen molar-refractivity contribution in [2.24, 2.45) is 0 Å². The highest BCUT2D eigenvalue weighted by atomic mass is 35.5. The number of nitro groups is 1. The average Bonchev–Trinajstić information content (AvgIpc) is 3.03. The Morgan fingerprint density at radius 3 is 2.32 bits per heavy atom. The average molecular weight is 361 g/mol. The van der Waals surface area contributed by atoms with E-state index in [1.54, 1.807) is 24.3 Å². The first-order valence-corrected chi connectivity index (χ1v) is 8.18. The van der Waals surface area contributed by atoms with Crippen molar-refractivity contribution < 1.29 is 14.5 Å². The topological polar surface area (TPSA) is 81.5 Å². The molecule has 0 radical (unpaired) electrons. The molecule has 0 aromatic heterocycles. The van der Waals surface area contributed by atoms with E-state index in [1.165, 1.54) is 7.11 Å². The van der Waals surface area contributed by atoms with Gasteiger partial charge >= 0.3 is 5.97 Å². The molecule has 4 atom stereocenters. The van der Waals surface area contributed by atoms with E-state index in [4.69, 9.17) is 16.3 Å². The van der Waals surface area contributed by atoms with Crippen LogP contribution in [-0.4, -0.2) is 30.1 Å². The summed E-state index contributed by atoms with van der Waals surface area (Å²) in [5.74, 6) is -1.19. The molecule has 130 valence electrons. The number of nitrogens with one attached hydrogen (secondary N) is 1. The zero-order valence-electron chi connectivity index (χ0n) is 13.5. The molecule has 2 aromatic rings. The predicted octanol–water partition coefficient (Wildman–Crippen LogP) is 2.96. The summed E-state index contributed by atoms with van der Waals surface area (Å²) in [5.41, 5.74) is 1.43. The van der Waals surface area contributed by atoms with Gasteiger partial charge in [0.15, 0.2) is 0 Å². The molecule has 1 aliphatic rings. The monoisotopic (exact) mass is 360 g/mol. The third-order valence-corrected chi connectivity index (χ3v) is 4.79. The van der Waals surface area contributed by atoms with Crippen molar-refractivity contribution in [1.29, 1.82) is 0 Å². The zero-order valence-corrected chi connectivity index (χ0v) is 14.2. The molecule has 0 bridgehead atoms. The molecule has 25 heavy (non-hydrogen) atoms. The van der Waals surface area contributed by atoms with Gasteiger partial charge in [0.05, 0.1) is 13.0 Å². The smallest absolute Gasteiger partial charge is 0.323 e. The Balaban J connectivity index is 2.08. The predicted molar refractivity (Wildman–Crippen MR) is 93.1 cm³/mol. The van der Waals surface area contributed by atoms with Gasteiger partial charge in [-0.25, -0.2) is 0 Å². The maximum Gasteiger partial charge on any atom is 0.323 e. The molecule has 2 aromatic carbocycles. The van der Waals surface area contributed by atoms with E-state index in [-0.39, 0.29) is 4.92 Å². The minimum Gasteiger partial charge on any atom is -0.468 e. The third kappa shape index (κ3) is 3.36. The summed E-state index contributed by atoms with van der Waals surface area (Å²) < 4.78 is 4.87. The van der Waals surface area contributed by atoms with Crippen LogP contribution in [0.1, 0.15) is 23.1 Å². The summed E-state index contributed by atoms with van der Waals surface area (Å²) in [6.07, 6.45) is 0. The van der Waals surface area contributed by atoms with E-state index >= 15 is 0 Å². The molecule has 1 aliphatic heterocycles. The lowest BCUT2D eigenvalue weighted by Crippen LogP contribution is -2.37. The molecule has 1 fully saturated rings. The molecule has 1 N–H and O–H groups in total. The number of carbonyl (C=O) groups is 1. The number of methoxy groups -OCH3 is 1. The van der Waals surface area contributed by atoms with Crippen molar-refractivity contribution in [2.45, 2.75) is 24.0 Å². The highest BCUT2D eigenvalue weighted by Gasteiger charge is 2.54. The summed E-state index contributed by atoms with van der Waals surface area (Å²) in [6.45, 7) is 0. The standard InChI is InChI=1S/C18H17ClN2O4/c1-25-18(22)16-14(11-7-9-13(19)10-8-11)17(21(23)24)15(20-16)12-5-3-2-4-6-12/h2-10,14-17,20H,1H3. The number of esters is 1. The second kappa shape index (κ2) is 7.21. The number of halogens is 1. The van der Waals surface area contributed by atoms with Crippen LogP contribution in [0, 0.1) is 10.1 Å². The summed E-state index contributed by atoms with van der Waals surface area (Å²) in [5, 5.41) is 15.5. The molecule has 0 saturated carbocycles. The number of ether oxygens (including phenoxy) is 1. The Bertz CT molecular complexity index is 766. The van der Waals surface area contributed by atoms with Gasteiger partial charge in [0.2, 0.25) is 6.04 Å². The minimum absolute atomic E-state index is 0.327. The van der Waals surface area contributed by atoms with Crippen molar-refractivity contribution in [3.8, 4) is 0 Å². The van der Waals surface area contributed by atoms with Crippen LogP contribution >= 0.6 is 11.6 Å². The van der Waals surface area contributed by atoms with Crippen molar-refractivity contribution in [1.82, 2.24) is 5.32 Å². The van der Waals surface area contributed by atoms with E-state index in [0.29, 0.717) is 10.6 Å². The van der Waals surface area contributed by atoms with E-state index in [9.17, 15) is 14.9 Å². The highest BCUT2D eigenvalue weighted by Crippen LogP contribution is 2.40. The molecule has 1 saturated heterocycles. The normalized spacial score (nSPS) is 25.5. The van der Waals surface area contributed by atoms with Gasteiger partial charge in [-0.15, -0.1) is 0 Å². The second-order valence-corrected chi connectivity index (χ2v) is 6.35. The van der Waals surface area contributed by atoms with Gasteiger partial charge in [0.1, 0.15) is 12.1 Å². The summed E-state index contributed by atoms with van der Waals surface area (Å²) in [7, 11) is 1.28. The molecular weight excluding hydrogens is 344 g/mol. The number of nitrogens with zero attached hydrogens (tertiary/aromatic N) is 1. The summed E-state index contributed by atoms with van der Waals surface area (Å²) in [4.78, 5) is 23.8. The fourth-order valence-electron chi connectivity index (χ4n) is 3.42. The van der Waals surface area contributed by atoms with Crippen molar-refractivity contribution >= 4 is 17.6 Å². The molecule has 3 rings (SSSR count). The maximum atomic E-state index is 12.3. The third-order valence-electron chi connectivity index (χ3n) is 4.54. The Kier molecular flexibility index (Phi) is 5.01. The van der Waals surface area contributed by atoms with Crippen LogP contribution in [0.3, 0.4) is 0 Å². The van der Waals surface area contributed by atoms with Gasteiger partial charge in [-0.2, -0.15) is 0 Å². The summed E-state index contributed by atoms with van der Waals surface area (Å²) in [6, 6.07) is 13.4. The number of hydrogen-bond acceptors (Lipinski definition) is 5. The first-order chi connectivity index (χ1) is 12.0. The first-order valence-electron chi connectivity index (χ1n) is 7.80. The Labute approximate surface area is 149 Å². The van der Waals surface area contributed by atoms with Crippen LogP contribution in [0.2, 0.25) is 5.02 Å². The molecular formula is C18H17ClN2O4. The largest absolute Gasteiger partial charge is 0.468 e. The fourth-order valence-corrected chi connectivity index (χ4v) is 3.55. The van der Waals surface area contributed by atoms with Gasteiger partial charge in [-0.1, -0.05) is 54.1 Å². The van der Waals surface area contributed by atoms with Gasteiger partial charge in [-0.3, -0.25) is 20.2 Å². The highest BCUT2D eigenvalue weighted by molar-refractivity contribution is 6.30. The maximum absolute atomic E-state index is 12.3. The first kappa shape index (κ1) is 17.4. The number of benzene rings is 2. The quantitative estimate of drug-likeness (QED) is 0.515. The van der Waals surface area contributed by atoms with Crippen LogP contribution in [0.25, 0.3) is 0 Å². The van der Waals surface area contributed by atoms with E-state index in [0.717, 1.165) is 5.56 Å². The molecule has 6 nitrogen and oxygen atoms in total. The van der Waals surface area contributed by atoms with Crippen molar-refractivity contribution in [3.63, 3.8) is 0 Å². The molecule has 1 heterocycles. The van der Waals surface area contributed by atoms with Crippen LogP contribution in [0.4, 0.5) is 0 Å². The Morgan fingerprint density at radius 2 is 1.76 bits per heavy atom. The van der Waals surface area contributed by atoms with E-state index < -0.39 is 30.0 Å². The second-order valence-electron chi connectivity index (χ2n) is 5.91. The lowest BCUT2D eigenvalue weighted by Gasteiger charge is -2.19. The Morgan fingerprint density at radius 1 is 1.12 bits per heavy atom. The SMILES string of the molecule is COC(=O)C1NC(c2ccccc2)C([N+](=O)[O-])C1c1ccc(Cl)cc1. The van der Waals surface area contributed by atoms with E-state index in [1.807, 2.05) is 30.3 Å². The van der Waals surface area contributed by atoms with Crippen LogP contribution in [-0.2, 0) is 9.53 Å². The number of rotatable bonds is 4. The fraction of sp³-hybridized carbons (Fsp3) is 0.278. The molecule has 7 heteroatoms. The molecule has 4 unspecified atom stereocenters. The molecule has 0 spiro atoms. The van der Waals surface area contributed by atoms with Gasteiger partial charge in [0.25, 0.3) is 0 Å². The number of hydrogen-bond donors (Lipinski definition) is 1. The van der Waals surface area contributed by atoms with Crippen molar-refractivity contribution in [2.75, 3.05) is 7.11 Å². The summed E-state index contributed by atoms with van der Waals surface area (Å²) >= 11 is 5.93. The van der Waals surface area contributed by atoms with Crippen LogP contribution in [0.5, 0.6) is 0 Å². The minimum atomic E-state index is -1.01. The molecule has 0 aliphatic carbocycles. The van der Waals surface area contributed by atoms with Gasteiger partial charge in [-0.05, 0) is 23.3 Å². The van der Waals surface area contributed by atoms with Crippen LogP contribution < -0.4 is 5.32 Å². The molecule has 0 amide bonds. The van der Waals surface area contributed by atoms with E-state index in [2.05, 4.69) is 5.32 Å².